The quantitative estimate of drug-likeness (QED) is 0.633. The molecule has 0 radical (unpaired) electrons. The van der Waals surface area contributed by atoms with Crippen LogP contribution in [0.2, 0.25) is 0 Å². The fourth-order valence-electron chi connectivity index (χ4n) is 3.74. The molecule has 27 heavy (non-hydrogen) atoms. The van der Waals surface area contributed by atoms with Gasteiger partial charge in [0, 0.05) is 29.9 Å². The lowest BCUT2D eigenvalue weighted by molar-refractivity contribution is 0.0981. The molecular weight excluding hydrogens is 340 g/mol. The molecular formula is C23H26O4. The molecule has 1 aliphatic rings. The maximum atomic E-state index is 12.6. The van der Waals surface area contributed by atoms with E-state index in [2.05, 4.69) is 0 Å². The molecule has 0 aromatic heterocycles. The molecule has 1 aliphatic heterocycles. The summed E-state index contributed by atoms with van der Waals surface area (Å²) in [5.74, 6) is 1.41. The van der Waals surface area contributed by atoms with Crippen molar-refractivity contribution in [3.8, 4) is 11.5 Å². The first-order valence-corrected chi connectivity index (χ1v) is 9.55. The molecule has 4 heteroatoms. The molecule has 0 fully saturated rings. The Morgan fingerprint density at radius 3 is 2.56 bits per heavy atom. The van der Waals surface area contributed by atoms with Crippen LogP contribution >= 0.6 is 0 Å². The van der Waals surface area contributed by atoms with Gasteiger partial charge >= 0.3 is 0 Å². The Balaban J connectivity index is 2.16. The van der Waals surface area contributed by atoms with Gasteiger partial charge in [0.05, 0.1) is 12.7 Å². The number of carbonyl (C=O) groups is 2. The van der Waals surface area contributed by atoms with Gasteiger partial charge in [0.15, 0.2) is 11.6 Å². The average Bonchev–Trinajstić information content (AvgIpc) is 3.02. The lowest BCUT2D eigenvalue weighted by atomic mass is 9.85. The van der Waals surface area contributed by atoms with Crippen LogP contribution in [0.1, 0.15) is 77.8 Å². The summed E-state index contributed by atoms with van der Waals surface area (Å²) in [4.78, 5) is 25.1. The molecule has 3 rings (SSSR count). The summed E-state index contributed by atoms with van der Waals surface area (Å²) in [5.41, 5.74) is 3.08. The zero-order valence-electron chi connectivity index (χ0n) is 16.4. The molecule has 0 spiro atoms. The largest absolute Gasteiger partial charge is 0.497 e. The van der Waals surface area contributed by atoms with Crippen molar-refractivity contribution in [1.82, 2.24) is 0 Å². The third-order valence-corrected chi connectivity index (χ3v) is 5.10. The Hall–Kier alpha value is -2.62. The number of carbonyl (C=O) groups excluding carboxylic acids is 2. The van der Waals surface area contributed by atoms with E-state index in [-0.39, 0.29) is 23.6 Å². The van der Waals surface area contributed by atoms with Crippen molar-refractivity contribution in [2.45, 2.75) is 52.1 Å². The number of methoxy groups -OCH3 is 1. The van der Waals surface area contributed by atoms with Crippen LogP contribution in [-0.4, -0.2) is 24.8 Å². The minimum Gasteiger partial charge on any atom is -0.497 e. The number of ketones is 2. The first-order valence-electron chi connectivity index (χ1n) is 9.55. The maximum absolute atomic E-state index is 12.6. The normalized spacial score (nSPS) is 17.9. The van der Waals surface area contributed by atoms with Gasteiger partial charge in [0.25, 0.3) is 0 Å². The van der Waals surface area contributed by atoms with Crippen molar-refractivity contribution >= 4 is 11.6 Å². The van der Waals surface area contributed by atoms with Crippen LogP contribution < -0.4 is 9.47 Å². The monoisotopic (exact) mass is 366 g/mol. The van der Waals surface area contributed by atoms with Crippen molar-refractivity contribution in [2.24, 2.45) is 0 Å². The van der Waals surface area contributed by atoms with E-state index in [1.807, 2.05) is 51.1 Å². The predicted octanol–water partition coefficient (Wildman–Crippen LogP) is 5.18. The first kappa shape index (κ1) is 19.2. The fourth-order valence-corrected chi connectivity index (χ4v) is 3.74. The molecule has 142 valence electrons. The fraction of sp³-hybridized carbons (Fsp3) is 0.391. The number of rotatable bonds is 7. The molecule has 0 unspecified atom stereocenters. The van der Waals surface area contributed by atoms with Gasteiger partial charge in [-0.2, -0.15) is 0 Å². The second-order valence-corrected chi connectivity index (χ2v) is 6.97. The van der Waals surface area contributed by atoms with Gasteiger partial charge in [0.1, 0.15) is 17.6 Å². The van der Waals surface area contributed by atoms with Crippen LogP contribution in [0.15, 0.2) is 36.4 Å². The third-order valence-electron chi connectivity index (χ3n) is 5.10. The van der Waals surface area contributed by atoms with E-state index in [4.69, 9.17) is 9.47 Å². The van der Waals surface area contributed by atoms with Gasteiger partial charge < -0.3 is 9.47 Å². The number of fused-ring (bicyclic) bond motifs is 1. The summed E-state index contributed by atoms with van der Waals surface area (Å²) in [6.07, 6.45) is 1.49. The van der Waals surface area contributed by atoms with Crippen molar-refractivity contribution < 1.29 is 19.1 Å². The summed E-state index contributed by atoms with van der Waals surface area (Å²) in [5, 5.41) is 0. The summed E-state index contributed by atoms with van der Waals surface area (Å²) in [7, 11) is 1.64. The van der Waals surface area contributed by atoms with E-state index in [9.17, 15) is 9.59 Å². The van der Waals surface area contributed by atoms with Crippen LogP contribution in [0.3, 0.4) is 0 Å². The van der Waals surface area contributed by atoms with Crippen LogP contribution in [0.4, 0.5) is 0 Å². The van der Waals surface area contributed by atoms with E-state index in [1.165, 1.54) is 0 Å². The van der Waals surface area contributed by atoms with E-state index in [0.717, 1.165) is 23.3 Å². The number of hydrogen-bond acceptors (Lipinski definition) is 4. The molecule has 0 saturated carbocycles. The lowest BCUT2D eigenvalue weighted by Gasteiger charge is -2.16. The lowest BCUT2D eigenvalue weighted by Crippen LogP contribution is -2.15. The van der Waals surface area contributed by atoms with Gasteiger partial charge in [-0.15, -0.1) is 0 Å². The molecule has 0 aliphatic carbocycles. The van der Waals surface area contributed by atoms with E-state index in [1.54, 1.807) is 13.2 Å². The maximum Gasteiger partial charge on any atom is 0.166 e. The predicted molar refractivity (Wildman–Crippen MR) is 105 cm³/mol. The number of ether oxygens (including phenoxy) is 2. The Morgan fingerprint density at radius 1 is 1.11 bits per heavy atom. The van der Waals surface area contributed by atoms with Gasteiger partial charge in [-0.25, -0.2) is 0 Å². The van der Waals surface area contributed by atoms with Gasteiger partial charge in [0.2, 0.25) is 0 Å². The average molecular weight is 366 g/mol. The third kappa shape index (κ3) is 3.61. The SMILES string of the molecule is CCCC(=O)c1cc(C(=O)CC)c2c(c1)[C@H](c1cccc(OC)c1)[C@@H](C)O2. The second-order valence-electron chi connectivity index (χ2n) is 6.97. The number of Topliss-reactive ketones (excluding diaryl/α,β-unsaturated/α-hetero) is 2. The van der Waals surface area contributed by atoms with E-state index >= 15 is 0 Å². The Bertz CT molecular complexity index is 869. The molecule has 2 aromatic rings. The van der Waals surface area contributed by atoms with Crippen LogP contribution in [0.25, 0.3) is 0 Å². The summed E-state index contributed by atoms with van der Waals surface area (Å²) < 4.78 is 11.5. The molecule has 2 aromatic carbocycles. The smallest absolute Gasteiger partial charge is 0.166 e. The molecule has 4 nitrogen and oxygen atoms in total. The molecule has 0 bridgehead atoms. The summed E-state index contributed by atoms with van der Waals surface area (Å²) >= 11 is 0. The zero-order valence-corrected chi connectivity index (χ0v) is 16.4. The highest BCUT2D eigenvalue weighted by Crippen LogP contribution is 2.45. The topological polar surface area (TPSA) is 52.6 Å². The molecule has 0 saturated heterocycles. The van der Waals surface area contributed by atoms with E-state index in [0.29, 0.717) is 29.7 Å². The number of benzene rings is 2. The first-order chi connectivity index (χ1) is 13.0. The minimum absolute atomic E-state index is 0.00380. The molecule has 0 N–H and O–H groups in total. The van der Waals surface area contributed by atoms with E-state index < -0.39 is 0 Å². The van der Waals surface area contributed by atoms with Crippen molar-refractivity contribution in [1.29, 1.82) is 0 Å². The van der Waals surface area contributed by atoms with Gasteiger partial charge in [-0.1, -0.05) is 26.0 Å². The summed E-state index contributed by atoms with van der Waals surface area (Å²) in [6, 6.07) is 11.5. The summed E-state index contributed by atoms with van der Waals surface area (Å²) in [6.45, 7) is 5.80. The molecule has 2 atom stereocenters. The van der Waals surface area contributed by atoms with Gasteiger partial charge in [-0.3, -0.25) is 9.59 Å². The van der Waals surface area contributed by atoms with Crippen molar-refractivity contribution in [3.63, 3.8) is 0 Å². The Labute approximate surface area is 160 Å². The molecule has 0 amide bonds. The zero-order chi connectivity index (χ0) is 19.6. The van der Waals surface area contributed by atoms with Crippen molar-refractivity contribution in [2.75, 3.05) is 7.11 Å². The Kier molecular flexibility index (Phi) is 5.64. The highest BCUT2D eigenvalue weighted by atomic mass is 16.5. The Morgan fingerprint density at radius 2 is 1.89 bits per heavy atom. The van der Waals surface area contributed by atoms with Crippen LogP contribution in [0.5, 0.6) is 11.5 Å². The standard InChI is InChI=1S/C23H26O4/c1-5-8-21(25)16-12-18(20(24)6-2)23-19(13-16)22(14(3)27-23)15-9-7-10-17(11-15)26-4/h7,9-14,22H,5-6,8H2,1-4H3/t14-,22+/m1/s1. The minimum atomic E-state index is -0.132. The second kappa shape index (κ2) is 7.95. The van der Waals surface area contributed by atoms with Crippen LogP contribution in [-0.2, 0) is 0 Å². The highest BCUT2D eigenvalue weighted by Gasteiger charge is 2.36. The molecule has 1 heterocycles. The van der Waals surface area contributed by atoms with Crippen LogP contribution in [0, 0.1) is 0 Å². The number of hydrogen-bond donors (Lipinski definition) is 0. The highest BCUT2D eigenvalue weighted by molar-refractivity contribution is 6.04. The van der Waals surface area contributed by atoms with Crippen molar-refractivity contribution in [3.05, 3.63) is 58.7 Å². The van der Waals surface area contributed by atoms with Gasteiger partial charge in [-0.05, 0) is 43.2 Å².